The first-order valence-corrected chi connectivity index (χ1v) is 13.0. The van der Waals surface area contributed by atoms with Gasteiger partial charge in [0.15, 0.2) is 0 Å². The quantitative estimate of drug-likeness (QED) is 0.159. The van der Waals surface area contributed by atoms with Crippen LogP contribution in [0.25, 0.3) is 0 Å². The van der Waals surface area contributed by atoms with E-state index in [9.17, 15) is 14.3 Å². The van der Waals surface area contributed by atoms with Crippen LogP contribution in [0, 0.1) is 0 Å². The van der Waals surface area contributed by atoms with Gasteiger partial charge in [0.25, 0.3) is 0 Å². The lowest BCUT2D eigenvalue weighted by atomic mass is 10.2. The van der Waals surface area contributed by atoms with E-state index in [1.807, 2.05) is 45.4 Å². The Hall–Kier alpha value is -1.68. The lowest BCUT2D eigenvalue weighted by Crippen LogP contribution is -2.42. The molecule has 198 valence electrons. The Labute approximate surface area is 203 Å². The molecule has 1 aromatic rings. The molecule has 0 spiro atoms. The van der Waals surface area contributed by atoms with E-state index in [0.717, 1.165) is 43.6 Å². The van der Waals surface area contributed by atoms with Crippen LogP contribution in [0.5, 0.6) is 11.5 Å². The number of benzene rings is 1. The van der Waals surface area contributed by atoms with Crippen molar-refractivity contribution in [1.29, 1.82) is 0 Å². The Morgan fingerprint density at radius 2 is 1.56 bits per heavy atom. The molecule has 2 atom stereocenters. The summed E-state index contributed by atoms with van der Waals surface area (Å²) in [6.07, 6.45) is 4.10. The SMILES string of the molecule is CCCCCOc1cccc(OCCCCCOP(=O)(O)O[C@H](CC(=O)O)C[N+](C)(C)C)c1.[OH-]. The Balaban J connectivity index is 0.0000109. The van der Waals surface area contributed by atoms with Gasteiger partial charge in [0.2, 0.25) is 0 Å². The highest BCUT2D eigenvalue weighted by atomic mass is 31.2. The molecular weight excluding hydrogens is 465 g/mol. The molecule has 1 unspecified atom stereocenters. The highest BCUT2D eigenvalue weighted by Gasteiger charge is 2.31. The van der Waals surface area contributed by atoms with Gasteiger partial charge in [-0.05, 0) is 37.8 Å². The zero-order valence-electron chi connectivity index (χ0n) is 20.9. The summed E-state index contributed by atoms with van der Waals surface area (Å²) in [5.74, 6) is 0.443. The third-order valence-corrected chi connectivity index (χ3v) is 5.64. The molecule has 10 nitrogen and oxygen atoms in total. The van der Waals surface area contributed by atoms with Crippen LogP contribution >= 0.6 is 7.82 Å². The smallest absolute Gasteiger partial charge is 0.472 e. The predicted octanol–water partition coefficient (Wildman–Crippen LogP) is 4.31. The van der Waals surface area contributed by atoms with Crippen LogP contribution in [0.15, 0.2) is 24.3 Å². The summed E-state index contributed by atoms with van der Waals surface area (Å²) >= 11 is 0. The maximum absolute atomic E-state index is 12.2. The highest BCUT2D eigenvalue weighted by Crippen LogP contribution is 2.45. The molecule has 11 heteroatoms. The van der Waals surface area contributed by atoms with Crippen molar-refractivity contribution in [3.63, 3.8) is 0 Å². The van der Waals surface area contributed by atoms with E-state index < -0.39 is 19.9 Å². The summed E-state index contributed by atoms with van der Waals surface area (Å²) in [4.78, 5) is 21.0. The number of hydrogen-bond donors (Lipinski definition) is 2. The van der Waals surface area contributed by atoms with E-state index in [0.29, 0.717) is 24.1 Å². The number of phosphoric ester groups is 1. The summed E-state index contributed by atoms with van der Waals surface area (Å²) in [7, 11) is 1.21. The number of hydrogen-bond acceptors (Lipinski definition) is 7. The standard InChI is InChI=1S/C23H40NO8P.H2O/c1-5-6-8-14-29-20-12-11-13-21(17-20)30-15-9-7-10-16-31-33(27,28)32-22(18-23(25)26)19-24(2,3)4;/h11-13,17,22H,5-10,14-16,18-19H2,1-4H3,(H-,25,26,27,28);1H2/t22-;/m1./s1. The number of likely N-dealkylation sites (N-methyl/N-ethyl adjacent to an activating group) is 1. The third kappa shape index (κ3) is 16.9. The summed E-state index contributed by atoms with van der Waals surface area (Å²) in [6.45, 7) is 3.67. The molecular formula is C23H42NO9P. The van der Waals surface area contributed by atoms with E-state index in [2.05, 4.69) is 6.92 Å². The van der Waals surface area contributed by atoms with E-state index in [1.165, 1.54) is 0 Å². The molecule has 0 radical (unpaired) electrons. The van der Waals surface area contributed by atoms with Crippen molar-refractivity contribution in [3.8, 4) is 11.5 Å². The molecule has 34 heavy (non-hydrogen) atoms. The molecule has 0 bridgehead atoms. The summed E-state index contributed by atoms with van der Waals surface area (Å²) in [5.41, 5.74) is 0. The van der Waals surface area contributed by atoms with Crippen LogP contribution in [0.3, 0.4) is 0 Å². The molecule has 1 aromatic carbocycles. The van der Waals surface area contributed by atoms with E-state index in [-0.39, 0.29) is 25.0 Å². The molecule has 0 amide bonds. The van der Waals surface area contributed by atoms with Crippen LogP contribution < -0.4 is 9.47 Å². The van der Waals surface area contributed by atoms with E-state index in [4.69, 9.17) is 23.6 Å². The molecule has 0 aliphatic carbocycles. The van der Waals surface area contributed by atoms with E-state index in [1.54, 1.807) is 0 Å². The fraction of sp³-hybridized carbons (Fsp3) is 0.696. The van der Waals surface area contributed by atoms with Crippen molar-refractivity contribution in [3.05, 3.63) is 24.3 Å². The highest BCUT2D eigenvalue weighted by molar-refractivity contribution is 7.47. The number of quaternary nitrogens is 1. The zero-order chi connectivity index (χ0) is 24.7. The topological polar surface area (TPSA) is 142 Å². The summed E-state index contributed by atoms with van der Waals surface area (Å²) < 4.78 is 34.2. The second-order valence-corrected chi connectivity index (χ2v) is 10.4. The minimum atomic E-state index is -4.33. The zero-order valence-corrected chi connectivity index (χ0v) is 21.7. The maximum atomic E-state index is 12.2. The van der Waals surface area contributed by atoms with Gasteiger partial charge in [0.05, 0.1) is 47.4 Å². The largest absolute Gasteiger partial charge is 0.870 e. The number of unbranched alkanes of at least 4 members (excludes halogenated alkanes) is 4. The van der Waals surface area contributed by atoms with Gasteiger partial charge in [-0.3, -0.25) is 13.8 Å². The van der Waals surface area contributed by atoms with E-state index >= 15 is 0 Å². The molecule has 0 aliphatic rings. The second-order valence-electron chi connectivity index (χ2n) is 9.04. The van der Waals surface area contributed by atoms with Crippen LogP contribution in [-0.2, 0) is 18.4 Å². The Bertz CT molecular complexity index is 739. The van der Waals surface area contributed by atoms with Crippen LogP contribution in [-0.4, -0.2) is 79.5 Å². The lowest BCUT2D eigenvalue weighted by molar-refractivity contribution is -0.873. The number of carbonyl (C=O) groups is 1. The molecule has 0 saturated carbocycles. The minimum absolute atomic E-state index is 0. The fourth-order valence-electron chi connectivity index (χ4n) is 3.11. The molecule has 0 aliphatic heterocycles. The van der Waals surface area contributed by atoms with Gasteiger partial charge in [-0.15, -0.1) is 0 Å². The van der Waals surface area contributed by atoms with Crippen molar-refractivity contribution < 1.29 is 47.8 Å². The van der Waals surface area contributed by atoms with Gasteiger partial charge in [0, 0.05) is 6.07 Å². The lowest BCUT2D eigenvalue weighted by Gasteiger charge is -2.29. The number of carboxylic acids is 1. The van der Waals surface area contributed by atoms with Gasteiger partial charge in [-0.1, -0.05) is 25.8 Å². The number of nitrogens with zero attached hydrogens (tertiary/aromatic N) is 1. The molecule has 3 N–H and O–H groups in total. The van der Waals surface area contributed by atoms with Gasteiger partial charge in [0.1, 0.15) is 24.1 Å². The monoisotopic (exact) mass is 507 g/mol. The number of ether oxygens (including phenoxy) is 2. The van der Waals surface area contributed by atoms with Gasteiger partial charge in [-0.25, -0.2) is 4.57 Å². The molecule has 0 saturated heterocycles. The minimum Gasteiger partial charge on any atom is -0.870 e. The molecule has 0 aromatic heterocycles. The summed E-state index contributed by atoms with van der Waals surface area (Å²) in [5, 5.41) is 9.01. The van der Waals surface area contributed by atoms with Crippen LogP contribution in [0.4, 0.5) is 0 Å². The number of aliphatic carboxylic acids is 1. The predicted molar refractivity (Wildman–Crippen MR) is 129 cm³/mol. The first kappa shape index (κ1) is 32.3. The van der Waals surface area contributed by atoms with Crippen molar-refractivity contribution in [2.75, 3.05) is 47.5 Å². The maximum Gasteiger partial charge on any atom is 0.472 e. The van der Waals surface area contributed by atoms with Gasteiger partial charge < -0.3 is 29.4 Å². The average molecular weight is 508 g/mol. The summed E-state index contributed by atoms with van der Waals surface area (Å²) in [6, 6.07) is 7.56. The van der Waals surface area contributed by atoms with Crippen molar-refractivity contribution in [2.24, 2.45) is 0 Å². The van der Waals surface area contributed by atoms with Crippen LogP contribution in [0.1, 0.15) is 51.9 Å². The Kier molecular flexibility index (Phi) is 16.0. The van der Waals surface area contributed by atoms with Crippen LogP contribution in [0.2, 0.25) is 0 Å². The van der Waals surface area contributed by atoms with Crippen molar-refractivity contribution in [1.82, 2.24) is 0 Å². The molecule has 0 heterocycles. The van der Waals surface area contributed by atoms with Gasteiger partial charge in [-0.2, -0.15) is 0 Å². The number of carboxylic acid groups (broad SMARTS) is 1. The fourth-order valence-corrected chi connectivity index (χ4v) is 4.04. The first-order chi connectivity index (χ1) is 15.5. The van der Waals surface area contributed by atoms with Gasteiger partial charge >= 0.3 is 13.8 Å². The number of phosphoric acid groups is 1. The average Bonchev–Trinajstić information content (AvgIpc) is 2.68. The van der Waals surface area contributed by atoms with Crippen molar-refractivity contribution >= 4 is 13.8 Å². The molecule has 0 fully saturated rings. The first-order valence-electron chi connectivity index (χ1n) is 11.5. The Morgan fingerprint density at radius 1 is 1.00 bits per heavy atom. The normalized spacial score (nSPS) is 14.0. The third-order valence-electron chi connectivity index (χ3n) is 4.57. The number of rotatable bonds is 19. The second kappa shape index (κ2) is 16.9. The molecule has 1 rings (SSSR count). The Morgan fingerprint density at radius 3 is 2.09 bits per heavy atom. The van der Waals surface area contributed by atoms with Crippen molar-refractivity contribution in [2.45, 2.75) is 58.0 Å².